The van der Waals surface area contributed by atoms with Crippen LogP contribution in [0.2, 0.25) is 0 Å². The second-order valence-corrected chi connectivity index (χ2v) is 5.70. The largest absolute Gasteiger partial charge is 0.434 e. The van der Waals surface area contributed by atoms with Crippen molar-refractivity contribution >= 4 is 48.6 Å². The van der Waals surface area contributed by atoms with Crippen LogP contribution in [-0.4, -0.2) is 4.98 Å². The SMILES string of the molecule is Nc1cc(Br)cc2nc(-c3ccc(Br)cc3)oc12. The van der Waals surface area contributed by atoms with E-state index in [9.17, 15) is 0 Å². The number of hydrogen-bond acceptors (Lipinski definition) is 3. The number of fused-ring (bicyclic) bond motifs is 1. The molecule has 3 aromatic rings. The van der Waals surface area contributed by atoms with Gasteiger partial charge in [-0.1, -0.05) is 31.9 Å². The molecule has 0 radical (unpaired) electrons. The van der Waals surface area contributed by atoms with E-state index in [-0.39, 0.29) is 0 Å². The van der Waals surface area contributed by atoms with Crippen LogP contribution < -0.4 is 5.73 Å². The monoisotopic (exact) mass is 366 g/mol. The lowest BCUT2D eigenvalue weighted by Crippen LogP contribution is -1.84. The van der Waals surface area contributed by atoms with E-state index in [4.69, 9.17) is 10.2 Å². The van der Waals surface area contributed by atoms with E-state index in [1.807, 2.05) is 30.3 Å². The summed E-state index contributed by atoms with van der Waals surface area (Å²) < 4.78 is 7.62. The summed E-state index contributed by atoms with van der Waals surface area (Å²) in [6.45, 7) is 0. The first kappa shape index (κ1) is 11.7. The molecular formula is C13H8Br2N2O. The highest BCUT2D eigenvalue weighted by Gasteiger charge is 2.11. The van der Waals surface area contributed by atoms with E-state index < -0.39 is 0 Å². The maximum atomic E-state index is 5.90. The van der Waals surface area contributed by atoms with Gasteiger partial charge in [0.25, 0.3) is 0 Å². The second-order valence-electron chi connectivity index (χ2n) is 3.87. The highest BCUT2D eigenvalue weighted by molar-refractivity contribution is 9.10. The molecule has 1 heterocycles. The van der Waals surface area contributed by atoms with E-state index >= 15 is 0 Å². The third-order valence-electron chi connectivity index (χ3n) is 2.57. The van der Waals surface area contributed by atoms with Gasteiger partial charge in [-0.2, -0.15) is 0 Å². The Balaban J connectivity index is 2.19. The Morgan fingerprint density at radius 1 is 1.00 bits per heavy atom. The fourth-order valence-electron chi connectivity index (χ4n) is 1.74. The molecule has 3 rings (SSSR count). The van der Waals surface area contributed by atoms with Crippen molar-refractivity contribution in [2.75, 3.05) is 5.73 Å². The number of nitrogens with zero attached hydrogens (tertiary/aromatic N) is 1. The number of anilines is 1. The van der Waals surface area contributed by atoms with Crippen LogP contribution in [0.25, 0.3) is 22.6 Å². The molecule has 0 aliphatic rings. The van der Waals surface area contributed by atoms with Crippen LogP contribution in [0.4, 0.5) is 5.69 Å². The molecule has 0 atom stereocenters. The summed E-state index contributed by atoms with van der Waals surface area (Å²) in [5.41, 5.74) is 8.77. The van der Waals surface area contributed by atoms with Crippen LogP contribution in [0.15, 0.2) is 49.8 Å². The van der Waals surface area contributed by atoms with E-state index in [0.717, 1.165) is 20.0 Å². The minimum Gasteiger partial charge on any atom is -0.434 e. The Morgan fingerprint density at radius 3 is 2.44 bits per heavy atom. The number of nitrogens with two attached hydrogens (primary N) is 1. The molecule has 0 bridgehead atoms. The van der Waals surface area contributed by atoms with E-state index in [2.05, 4.69) is 36.8 Å². The van der Waals surface area contributed by atoms with Crippen LogP contribution in [0.1, 0.15) is 0 Å². The summed E-state index contributed by atoms with van der Waals surface area (Å²) >= 11 is 6.79. The average molecular weight is 368 g/mol. The van der Waals surface area contributed by atoms with Gasteiger partial charge in [-0.15, -0.1) is 0 Å². The minimum atomic E-state index is 0.572. The summed E-state index contributed by atoms with van der Waals surface area (Å²) in [6, 6.07) is 11.5. The molecular weight excluding hydrogens is 360 g/mol. The Hall–Kier alpha value is -1.33. The molecule has 1 aromatic heterocycles. The topological polar surface area (TPSA) is 52.0 Å². The normalized spacial score (nSPS) is 11.0. The molecule has 0 aliphatic heterocycles. The zero-order valence-electron chi connectivity index (χ0n) is 9.15. The van der Waals surface area contributed by atoms with Gasteiger partial charge in [-0.05, 0) is 36.4 Å². The highest BCUT2D eigenvalue weighted by Crippen LogP contribution is 2.31. The lowest BCUT2D eigenvalue weighted by atomic mass is 10.2. The molecule has 5 heteroatoms. The molecule has 18 heavy (non-hydrogen) atoms. The van der Waals surface area contributed by atoms with Gasteiger partial charge < -0.3 is 10.2 Å². The van der Waals surface area contributed by atoms with Gasteiger partial charge in [0, 0.05) is 14.5 Å². The van der Waals surface area contributed by atoms with Crippen LogP contribution in [0.3, 0.4) is 0 Å². The average Bonchev–Trinajstić information content (AvgIpc) is 2.74. The summed E-state index contributed by atoms with van der Waals surface area (Å²) in [5, 5.41) is 0. The van der Waals surface area contributed by atoms with Gasteiger partial charge in [-0.25, -0.2) is 4.98 Å². The van der Waals surface area contributed by atoms with Crippen molar-refractivity contribution < 1.29 is 4.42 Å². The molecule has 0 amide bonds. The standard InChI is InChI=1S/C13H8Br2N2O/c14-8-3-1-7(2-4-8)13-17-11-6-9(15)5-10(16)12(11)18-13/h1-6H,16H2. The smallest absolute Gasteiger partial charge is 0.227 e. The Bertz CT molecular complexity index is 720. The maximum absolute atomic E-state index is 5.90. The molecule has 2 aromatic carbocycles. The quantitative estimate of drug-likeness (QED) is 0.639. The van der Waals surface area contributed by atoms with Crippen LogP contribution >= 0.6 is 31.9 Å². The number of rotatable bonds is 1. The third kappa shape index (κ3) is 2.04. The maximum Gasteiger partial charge on any atom is 0.227 e. The van der Waals surface area contributed by atoms with Gasteiger partial charge in [0.2, 0.25) is 5.89 Å². The second kappa shape index (κ2) is 4.40. The van der Waals surface area contributed by atoms with Crippen molar-refractivity contribution in [1.29, 1.82) is 0 Å². The van der Waals surface area contributed by atoms with Gasteiger partial charge in [0.1, 0.15) is 5.52 Å². The van der Waals surface area contributed by atoms with Gasteiger partial charge >= 0.3 is 0 Å². The Labute approximate surface area is 120 Å². The number of nitrogen functional groups attached to an aromatic ring is 1. The molecule has 0 fully saturated rings. The molecule has 0 spiro atoms. The number of oxazole rings is 1. The summed E-state index contributed by atoms with van der Waals surface area (Å²) in [6.07, 6.45) is 0. The minimum absolute atomic E-state index is 0.572. The molecule has 0 unspecified atom stereocenters. The zero-order chi connectivity index (χ0) is 12.7. The van der Waals surface area contributed by atoms with Crippen molar-refractivity contribution in [2.45, 2.75) is 0 Å². The molecule has 0 aliphatic carbocycles. The van der Waals surface area contributed by atoms with Crippen LogP contribution in [-0.2, 0) is 0 Å². The van der Waals surface area contributed by atoms with Gasteiger partial charge in [-0.3, -0.25) is 0 Å². The van der Waals surface area contributed by atoms with Crippen molar-refractivity contribution in [3.05, 3.63) is 45.3 Å². The van der Waals surface area contributed by atoms with Crippen molar-refractivity contribution in [3.63, 3.8) is 0 Å². The van der Waals surface area contributed by atoms with Gasteiger partial charge in [0.15, 0.2) is 5.58 Å². The van der Waals surface area contributed by atoms with Crippen molar-refractivity contribution in [1.82, 2.24) is 4.98 Å². The van der Waals surface area contributed by atoms with Gasteiger partial charge in [0.05, 0.1) is 5.69 Å². The molecule has 90 valence electrons. The predicted molar refractivity (Wildman–Crippen MR) is 79.3 cm³/mol. The fourth-order valence-corrected chi connectivity index (χ4v) is 2.47. The van der Waals surface area contributed by atoms with Crippen LogP contribution in [0, 0.1) is 0 Å². The number of benzene rings is 2. The van der Waals surface area contributed by atoms with Crippen molar-refractivity contribution in [2.24, 2.45) is 0 Å². The van der Waals surface area contributed by atoms with E-state index in [1.165, 1.54) is 0 Å². The summed E-state index contributed by atoms with van der Waals surface area (Å²) in [5.74, 6) is 0.572. The molecule has 3 nitrogen and oxygen atoms in total. The van der Waals surface area contributed by atoms with E-state index in [1.54, 1.807) is 6.07 Å². The van der Waals surface area contributed by atoms with Crippen LogP contribution in [0.5, 0.6) is 0 Å². The fraction of sp³-hybridized carbons (Fsp3) is 0. The number of halogens is 2. The zero-order valence-corrected chi connectivity index (χ0v) is 12.3. The third-order valence-corrected chi connectivity index (χ3v) is 3.56. The lowest BCUT2D eigenvalue weighted by molar-refractivity contribution is 0.621. The highest BCUT2D eigenvalue weighted by atomic mass is 79.9. The first-order valence-corrected chi connectivity index (χ1v) is 6.83. The number of hydrogen-bond donors (Lipinski definition) is 1. The Kier molecular flexibility index (Phi) is 2.87. The summed E-state index contributed by atoms with van der Waals surface area (Å²) in [7, 11) is 0. The van der Waals surface area contributed by atoms with Crippen molar-refractivity contribution in [3.8, 4) is 11.5 Å². The molecule has 2 N–H and O–H groups in total. The lowest BCUT2D eigenvalue weighted by Gasteiger charge is -1.95. The predicted octanol–water partition coefficient (Wildman–Crippen LogP) is 4.60. The Morgan fingerprint density at radius 2 is 1.72 bits per heavy atom. The van der Waals surface area contributed by atoms with E-state index in [0.29, 0.717) is 17.2 Å². The molecule has 0 saturated heterocycles. The first-order chi connectivity index (χ1) is 8.63. The molecule has 0 saturated carbocycles. The number of aromatic nitrogens is 1. The first-order valence-electron chi connectivity index (χ1n) is 5.25. The summed E-state index contributed by atoms with van der Waals surface area (Å²) in [4.78, 5) is 4.44.